The third-order valence-corrected chi connectivity index (χ3v) is 3.37. The van der Waals surface area contributed by atoms with Gasteiger partial charge in [-0.25, -0.2) is 4.39 Å². The standard InChI is InChI=1S/C15H14Cl2FNO2/c16-11-4-1-2-7-14(11)21-9-10(20)8-19-15-12(17)5-3-6-13(15)18/h1-7,10,19-20H,8-9H2. The lowest BCUT2D eigenvalue weighted by molar-refractivity contribution is 0.117. The van der Waals surface area contributed by atoms with Crippen LogP contribution in [0.1, 0.15) is 0 Å². The molecular weight excluding hydrogens is 316 g/mol. The Kier molecular flexibility index (Phi) is 5.67. The van der Waals surface area contributed by atoms with E-state index >= 15 is 0 Å². The van der Waals surface area contributed by atoms with Gasteiger partial charge >= 0.3 is 0 Å². The summed E-state index contributed by atoms with van der Waals surface area (Å²) >= 11 is 11.8. The Morgan fingerprint density at radius 1 is 1.10 bits per heavy atom. The van der Waals surface area contributed by atoms with Crippen molar-refractivity contribution in [3.8, 4) is 5.75 Å². The molecule has 0 saturated heterocycles. The molecule has 0 aliphatic heterocycles. The molecule has 2 N–H and O–H groups in total. The molecule has 21 heavy (non-hydrogen) atoms. The lowest BCUT2D eigenvalue weighted by atomic mass is 10.3. The molecule has 0 amide bonds. The van der Waals surface area contributed by atoms with Crippen molar-refractivity contribution in [1.82, 2.24) is 0 Å². The normalized spacial score (nSPS) is 12.0. The first kappa shape index (κ1) is 15.9. The molecule has 0 spiro atoms. The van der Waals surface area contributed by atoms with E-state index in [1.54, 1.807) is 30.3 Å². The van der Waals surface area contributed by atoms with Crippen LogP contribution in [0.15, 0.2) is 42.5 Å². The minimum absolute atomic E-state index is 0.0306. The maximum atomic E-state index is 13.5. The number of aliphatic hydroxyl groups excluding tert-OH is 1. The van der Waals surface area contributed by atoms with Crippen LogP contribution in [0.4, 0.5) is 10.1 Å². The summed E-state index contributed by atoms with van der Waals surface area (Å²) in [6, 6.07) is 11.3. The summed E-state index contributed by atoms with van der Waals surface area (Å²) in [6.45, 7) is 0.133. The van der Waals surface area contributed by atoms with Crippen molar-refractivity contribution in [2.45, 2.75) is 6.10 Å². The van der Waals surface area contributed by atoms with Crippen LogP contribution in [0.2, 0.25) is 10.0 Å². The second-order valence-electron chi connectivity index (χ2n) is 4.37. The van der Waals surface area contributed by atoms with Gasteiger partial charge < -0.3 is 15.2 Å². The van der Waals surface area contributed by atoms with Gasteiger partial charge in [0.25, 0.3) is 0 Å². The fraction of sp³-hybridized carbons (Fsp3) is 0.200. The van der Waals surface area contributed by atoms with Gasteiger partial charge in [0.05, 0.1) is 15.7 Å². The third-order valence-electron chi connectivity index (χ3n) is 2.75. The highest BCUT2D eigenvalue weighted by Gasteiger charge is 2.10. The second-order valence-corrected chi connectivity index (χ2v) is 5.19. The zero-order valence-electron chi connectivity index (χ0n) is 11.0. The lowest BCUT2D eigenvalue weighted by Crippen LogP contribution is -2.26. The van der Waals surface area contributed by atoms with Crippen LogP contribution in [0.3, 0.4) is 0 Å². The summed E-state index contributed by atoms with van der Waals surface area (Å²) in [5.74, 6) is 0.0175. The minimum atomic E-state index is -0.836. The average Bonchev–Trinajstić information content (AvgIpc) is 2.46. The minimum Gasteiger partial charge on any atom is -0.489 e. The lowest BCUT2D eigenvalue weighted by Gasteiger charge is -2.15. The fourth-order valence-corrected chi connectivity index (χ4v) is 2.11. The first-order chi connectivity index (χ1) is 10.1. The zero-order chi connectivity index (χ0) is 15.2. The molecule has 112 valence electrons. The summed E-state index contributed by atoms with van der Waals surface area (Å²) in [7, 11) is 0. The molecule has 0 aliphatic carbocycles. The van der Waals surface area contributed by atoms with Crippen LogP contribution in [0.25, 0.3) is 0 Å². The maximum Gasteiger partial charge on any atom is 0.147 e. The van der Waals surface area contributed by atoms with Crippen molar-refractivity contribution in [2.24, 2.45) is 0 Å². The fourth-order valence-electron chi connectivity index (χ4n) is 1.69. The summed E-state index contributed by atoms with van der Waals surface area (Å²) in [6.07, 6.45) is -0.836. The number of para-hydroxylation sites is 2. The van der Waals surface area contributed by atoms with Gasteiger partial charge in [0.15, 0.2) is 0 Å². The number of rotatable bonds is 6. The quantitative estimate of drug-likeness (QED) is 0.842. The molecule has 2 aromatic carbocycles. The number of hydrogen-bond acceptors (Lipinski definition) is 3. The van der Waals surface area contributed by atoms with Gasteiger partial charge in [0.1, 0.15) is 24.3 Å². The van der Waals surface area contributed by atoms with Gasteiger partial charge in [-0.2, -0.15) is 0 Å². The number of benzene rings is 2. The van der Waals surface area contributed by atoms with Crippen molar-refractivity contribution >= 4 is 28.9 Å². The number of aliphatic hydroxyl groups is 1. The highest BCUT2D eigenvalue weighted by atomic mass is 35.5. The molecule has 3 nitrogen and oxygen atoms in total. The molecule has 0 bridgehead atoms. The zero-order valence-corrected chi connectivity index (χ0v) is 12.5. The van der Waals surface area contributed by atoms with Crippen LogP contribution >= 0.6 is 23.2 Å². The Hall–Kier alpha value is -1.49. The molecule has 2 aromatic rings. The Morgan fingerprint density at radius 3 is 2.52 bits per heavy atom. The van der Waals surface area contributed by atoms with E-state index in [0.29, 0.717) is 10.8 Å². The van der Waals surface area contributed by atoms with Gasteiger partial charge in [0.2, 0.25) is 0 Å². The second kappa shape index (κ2) is 7.50. The van der Waals surface area contributed by atoms with E-state index in [2.05, 4.69) is 5.32 Å². The van der Waals surface area contributed by atoms with Crippen LogP contribution in [-0.4, -0.2) is 24.4 Å². The summed E-state index contributed by atoms with van der Waals surface area (Å²) in [5, 5.41) is 13.3. The predicted octanol–water partition coefficient (Wildman–Crippen LogP) is 3.98. The first-order valence-corrected chi connectivity index (χ1v) is 7.07. The molecular formula is C15H14Cl2FNO2. The van der Waals surface area contributed by atoms with Crippen LogP contribution in [0, 0.1) is 5.82 Å². The van der Waals surface area contributed by atoms with Gasteiger partial charge in [-0.1, -0.05) is 41.4 Å². The first-order valence-electron chi connectivity index (χ1n) is 6.31. The highest BCUT2D eigenvalue weighted by molar-refractivity contribution is 6.33. The van der Waals surface area contributed by atoms with E-state index < -0.39 is 11.9 Å². The van der Waals surface area contributed by atoms with Crippen molar-refractivity contribution in [2.75, 3.05) is 18.5 Å². The van der Waals surface area contributed by atoms with Crippen molar-refractivity contribution in [3.05, 3.63) is 58.3 Å². The van der Waals surface area contributed by atoms with Crippen molar-refractivity contribution in [3.63, 3.8) is 0 Å². The third kappa shape index (κ3) is 4.49. The molecule has 0 saturated carbocycles. The van der Waals surface area contributed by atoms with Gasteiger partial charge in [-0.05, 0) is 24.3 Å². The molecule has 1 atom stereocenters. The average molecular weight is 330 g/mol. The monoisotopic (exact) mass is 329 g/mol. The molecule has 0 aromatic heterocycles. The Balaban J connectivity index is 1.85. The van der Waals surface area contributed by atoms with Crippen molar-refractivity contribution < 1.29 is 14.2 Å². The summed E-state index contributed by atoms with van der Waals surface area (Å²) in [4.78, 5) is 0. The number of hydrogen-bond donors (Lipinski definition) is 2. The number of nitrogens with one attached hydrogen (secondary N) is 1. The van der Waals surface area contributed by atoms with Gasteiger partial charge in [0, 0.05) is 6.54 Å². The largest absolute Gasteiger partial charge is 0.489 e. The number of anilines is 1. The molecule has 0 heterocycles. The molecule has 0 aliphatic rings. The Morgan fingerprint density at radius 2 is 1.81 bits per heavy atom. The molecule has 0 fully saturated rings. The maximum absolute atomic E-state index is 13.5. The van der Waals surface area contributed by atoms with Crippen LogP contribution in [-0.2, 0) is 0 Å². The van der Waals surface area contributed by atoms with E-state index in [9.17, 15) is 9.50 Å². The topological polar surface area (TPSA) is 41.5 Å². The number of halogens is 3. The van der Waals surface area contributed by atoms with Gasteiger partial charge in [-0.3, -0.25) is 0 Å². The van der Waals surface area contributed by atoms with E-state index in [-0.39, 0.29) is 23.9 Å². The summed E-state index contributed by atoms with van der Waals surface area (Å²) < 4.78 is 18.9. The smallest absolute Gasteiger partial charge is 0.147 e. The Bertz CT molecular complexity index is 590. The highest BCUT2D eigenvalue weighted by Crippen LogP contribution is 2.25. The molecule has 6 heteroatoms. The van der Waals surface area contributed by atoms with Crippen molar-refractivity contribution in [1.29, 1.82) is 0 Å². The predicted molar refractivity (Wildman–Crippen MR) is 82.9 cm³/mol. The Labute approximate surface area is 132 Å². The van der Waals surface area contributed by atoms with Crippen LogP contribution < -0.4 is 10.1 Å². The molecule has 0 radical (unpaired) electrons. The van der Waals surface area contributed by atoms with Crippen LogP contribution in [0.5, 0.6) is 5.75 Å². The van der Waals surface area contributed by atoms with E-state index in [4.69, 9.17) is 27.9 Å². The van der Waals surface area contributed by atoms with E-state index in [1.165, 1.54) is 12.1 Å². The molecule has 1 unspecified atom stereocenters. The van der Waals surface area contributed by atoms with E-state index in [0.717, 1.165) is 0 Å². The number of ether oxygens (including phenoxy) is 1. The molecule has 2 rings (SSSR count). The summed E-state index contributed by atoms with van der Waals surface area (Å²) in [5.41, 5.74) is 0.163. The van der Waals surface area contributed by atoms with E-state index in [1.807, 2.05) is 0 Å². The van der Waals surface area contributed by atoms with Gasteiger partial charge in [-0.15, -0.1) is 0 Å². The SMILES string of the molecule is OC(CNc1c(F)cccc1Cl)COc1ccccc1Cl.